The Bertz CT molecular complexity index is 673. The molecule has 130 valence electrons. The molecule has 1 aromatic heterocycles. The fourth-order valence-electron chi connectivity index (χ4n) is 3.41. The first kappa shape index (κ1) is 18.0. The minimum atomic E-state index is -0.313. The first-order chi connectivity index (χ1) is 10.4. The number of hydrogen-bond acceptors (Lipinski definition) is 3. The van der Waals surface area contributed by atoms with Crippen LogP contribution in [0.3, 0.4) is 0 Å². The molecule has 0 spiro atoms. The Balaban J connectivity index is 2.35. The van der Waals surface area contributed by atoms with Gasteiger partial charge < -0.3 is 4.74 Å². The van der Waals surface area contributed by atoms with Crippen LogP contribution in [0.2, 0.25) is 0 Å². The second-order valence-electron chi connectivity index (χ2n) is 9.01. The fourth-order valence-corrected chi connectivity index (χ4v) is 3.41. The largest absolute Gasteiger partial charge is 0.354 e. The van der Waals surface area contributed by atoms with Crippen molar-refractivity contribution in [2.24, 2.45) is 23.8 Å². The summed E-state index contributed by atoms with van der Waals surface area (Å²) in [7, 11) is 1.50. The minimum absolute atomic E-state index is 0.106. The summed E-state index contributed by atoms with van der Waals surface area (Å²) in [5.41, 5.74) is -0.332. The normalized spacial score (nSPS) is 25.8. The third-order valence-corrected chi connectivity index (χ3v) is 4.69. The molecule has 1 saturated heterocycles. The maximum atomic E-state index is 12.4. The highest BCUT2D eigenvalue weighted by molar-refractivity contribution is 4.93. The van der Waals surface area contributed by atoms with E-state index in [-0.39, 0.29) is 34.4 Å². The monoisotopic (exact) mass is 322 g/mol. The molecule has 1 unspecified atom stereocenters. The van der Waals surface area contributed by atoms with Crippen molar-refractivity contribution in [1.29, 1.82) is 0 Å². The molecule has 0 N–H and O–H groups in total. The van der Waals surface area contributed by atoms with Gasteiger partial charge in [0.25, 0.3) is 5.56 Å². The van der Waals surface area contributed by atoms with Crippen LogP contribution in [0.4, 0.5) is 0 Å². The van der Waals surface area contributed by atoms with E-state index in [9.17, 15) is 9.59 Å². The molecule has 1 aliphatic heterocycles. The maximum Gasteiger partial charge on any atom is 0.332 e. The lowest BCUT2D eigenvalue weighted by Crippen LogP contribution is -2.38. The van der Waals surface area contributed by atoms with E-state index in [0.29, 0.717) is 5.92 Å². The van der Waals surface area contributed by atoms with Crippen molar-refractivity contribution in [3.63, 3.8) is 0 Å². The fraction of sp³-hybridized carbons (Fsp3) is 0.778. The summed E-state index contributed by atoms with van der Waals surface area (Å²) >= 11 is 0. The molecule has 5 nitrogen and oxygen atoms in total. The topological polar surface area (TPSA) is 53.2 Å². The van der Waals surface area contributed by atoms with Crippen LogP contribution >= 0.6 is 0 Å². The van der Waals surface area contributed by atoms with Crippen LogP contribution < -0.4 is 11.2 Å². The van der Waals surface area contributed by atoms with Gasteiger partial charge in [-0.05, 0) is 29.6 Å². The molecule has 1 aliphatic rings. The Morgan fingerprint density at radius 3 is 2.30 bits per heavy atom. The smallest absolute Gasteiger partial charge is 0.332 e. The molecule has 1 aromatic rings. The summed E-state index contributed by atoms with van der Waals surface area (Å²) in [5.74, 6) is 0.371. The van der Waals surface area contributed by atoms with Crippen molar-refractivity contribution in [3.8, 4) is 0 Å². The molecular weight excluding hydrogens is 292 g/mol. The van der Waals surface area contributed by atoms with Gasteiger partial charge in [-0.2, -0.15) is 0 Å². The second kappa shape index (κ2) is 5.93. The van der Waals surface area contributed by atoms with Gasteiger partial charge in [-0.3, -0.25) is 13.9 Å². The third kappa shape index (κ3) is 3.94. The highest BCUT2D eigenvalue weighted by Gasteiger charge is 2.43. The van der Waals surface area contributed by atoms with E-state index in [2.05, 4.69) is 41.5 Å². The highest BCUT2D eigenvalue weighted by atomic mass is 16.5. The lowest BCUT2D eigenvalue weighted by atomic mass is 9.73. The average Bonchev–Trinajstić information content (AvgIpc) is 2.77. The van der Waals surface area contributed by atoms with Gasteiger partial charge in [0.1, 0.15) is 6.23 Å². The summed E-state index contributed by atoms with van der Waals surface area (Å²) < 4.78 is 8.98. The van der Waals surface area contributed by atoms with Crippen molar-refractivity contribution >= 4 is 0 Å². The van der Waals surface area contributed by atoms with Crippen LogP contribution in [0.1, 0.15) is 60.6 Å². The number of nitrogens with zero attached hydrogens (tertiary/aromatic N) is 2. The molecule has 2 rings (SSSR count). The lowest BCUT2D eigenvalue weighted by molar-refractivity contribution is -0.0345. The van der Waals surface area contributed by atoms with Crippen LogP contribution in [0.25, 0.3) is 0 Å². The highest BCUT2D eigenvalue weighted by Crippen LogP contribution is 2.46. The van der Waals surface area contributed by atoms with E-state index in [1.165, 1.54) is 13.1 Å². The van der Waals surface area contributed by atoms with Gasteiger partial charge in [-0.25, -0.2) is 4.79 Å². The van der Waals surface area contributed by atoms with E-state index < -0.39 is 0 Å². The predicted molar refractivity (Wildman–Crippen MR) is 91.5 cm³/mol. The standard InChI is InChI=1S/C18H30N2O3/c1-17(2,3)11-13-12(18(4,5)6)10-15(23-13)20-9-8-14(21)19(7)16(20)22/h8-9,12-13,15H,10-11H2,1-7H3/t12?,13-,15-/m1/s1. The summed E-state index contributed by atoms with van der Waals surface area (Å²) in [6, 6.07) is 1.42. The zero-order chi connectivity index (χ0) is 17.6. The van der Waals surface area contributed by atoms with Crippen LogP contribution in [0.5, 0.6) is 0 Å². The molecule has 0 aliphatic carbocycles. The van der Waals surface area contributed by atoms with E-state index in [4.69, 9.17) is 4.74 Å². The number of aromatic nitrogens is 2. The van der Waals surface area contributed by atoms with Gasteiger partial charge in [-0.1, -0.05) is 41.5 Å². The molecule has 0 saturated carbocycles. The number of hydrogen-bond donors (Lipinski definition) is 0. The van der Waals surface area contributed by atoms with Crippen molar-refractivity contribution in [2.45, 2.75) is 66.7 Å². The number of ether oxygens (including phenoxy) is 1. The first-order valence-corrected chi connectivity index (χ1v) is 8.34. The maximum absolute atomic E-state index is 12.4. The minimum Gasteiger partial charge on any atom is -0.354 e. The van der Waals surface area contributed by atoms with E-state index in [1.54, 1.807) is 10.8 Å². The van der Waals surface area contributed by atoms with Crippen molar-refractivity contribution in [3.05, 3.63) is 33.1 Å². The van der Waals surface area contributed by atoms with Crippen LogP contribution in [-0.2, 0) is 11.8 Å². The summed E-state index contributed by atoms with van der Waals surface area (Å²) in [4.78, 5) is 24.0. The van der Waals surface area contributed by atoms with Crippen molar-refractivity contribution in [1.82, 2.24) is 9.13 Å². The molecule has 0 bridgehead atoms. The predicted octanol–water partition coefficient (Wildman–Crippen LogP) is 2.93. The van der Waals surface area contributed by atoms with E-state index >= 15 is 0 Å². The first-order valence-electron chi connectivity index (χ1n) is 8.34. The van der Waals surface area contributed by atoms with Crippen molar-refractivity contribution < 1.29 is 4.74 Å². The Labute approximate surface area is 138 Å². The zero-order valence-corrected chi connectivity index (χ0v) is 15.4. The molecular formula is C18H30N2O3. The lowest BCUT2D eigenvalue weighted by Gasteiger charge is -2.33. The molecule has 5 heteroatoms. The zero-order valence-electron chi connectivity index (χ0n) is 15.4. The van der Waals surface area contributed by atoms with Gasteiger partial charge in [0.05, 0.1) is 6.10 Å². The Morgan fingerprint density at radius 1 is 1.17 bits per heavy atom. The van der Waals surface area contributed by atoms with Gasteiger partial charge in [0.15, 0.2) is 0 Å². The van der Waals surface area contributed by atoms with E-state index in [0.717, 1.165) is 17.4 Å². The van der Waals surface area contributed by atoms with Gasteiger partial charge >= 0.3 is 5.69 Å². The third-order valence-electron chi connectivity index (χ3n) is 4.69. The van der Waals surface area contributed by atoms with Gasteiger partial charge in [-0.15, -0.1) is 0 Å². The Hall–Kier alpha value is -1.36. The van der Waals surface area contributed by atoms with Gasteiger partial charge in [0.2, 0.25) is 0 Å². The molecule has 0 aromatic carbocycles. The molecule has 2 heterocycles. The van der Waals surface area contributed by atoms with Crippen LogP contribution in [-0.4, -0.2) is 15.2 Å². The molecule has 0 amide bonds. The Kier molecular flexibility index (Phi) is 4.64. The summed E-state index contributed by atoms with van der Waals surface area (Å²) in [6.07, 6.45) is 3.12. The molecule has 23 heavy (non-hydrogen) atoms. The SMILES string of the molecule is Cn1c(=O)ccn([C@H]2CC(C(C)(C)C)[C@@H](CC(C)(C)C)O2)c1=O. The molecule has 3 atom stereocenters. The molecule has 1 fully saturated rings. The summed E-state index contributed by atoms with van der Waals surface area (Å²) in [6.45, 7) is 13.3. The Morgan fingerprint density at radius 2 is 1.78 bits per heavy atom. The molecule has 0 radical (unpaired) electrons. The quantitative estimate of drug-likeness (QED) is 0.841. The van der Waals surface area contributed by atoms with E-state index in [1.807, 2.05) is 0 Å². The van der Waals surface area contributed by atoms with Gasteiger partial charge in [0, 0.05) is 19.3 Å². The summed E-state index contributed by atoms with van der Waals surface area (Å²) in [5, 5.41) is 0. The van der Waals surface area contributed by atoms with Crippen LogP contribution in [0.15, 0.2) is 21.9 Å². The van der Waals surface area contributed by atoms with Crippen LogP contribution in [0, 0.1) is 16.7 Å². The average molecular weight is 322 g/mol. The van der Waals surface area contributed by atoms with Crippen molar-refractivity contribution in [2.75, 3.05) is 0 Å². The second-order valence-corrected chi connectivity index (χ2v) is 9.01. The number of rotatable bonds is 2.